The lowest BCUT2D eigenvalue weighted by atomic mass is 10.2. The van der Waals surface area contributed by atoms with Crippen LogP contribution in [0.15, 0.2) is 0 Å². The van der Waals surface area contributed by atoms with Crippen molar-refractivity contribution in [3.8, 4) is 0 Å². The van der Waals surface area contributed by atoms with Crippen molar-refractivity contribution < 1.29 is 49.5 Å². The van der Waals surface area contributed by atoms with E-state index in [0.29, 0.717) is 9.80 Å². The van der Waals surface area contributed by atoms with Crippen molar-refractivity contribution in [3.63, 3.8) is 0 Å². The van der Waals surface area contributed by atoms with E-state index in [1.807, 2.05) is 0 Å². The van der Waals surface area contributed by atoms with Gasteiger partial charge in [-0.1, -0.05) is 0 Å². The van der Waals surface area contributed by atoms with Crippen LogP contribution in [0.1, 0.15) is 6.92 Å². The maximum atomic E-state index is 11.0. The average molecular weight is 365 g/mol. The van der Waals surface area contributed by atoms with E-state index < -0.39 is 68.4 Å². The van der Waals surface area contributed by atoms with E-state index in [4.69, 9.17) is 25.5 Å². The number of nitrogens with zero attached hydrogens (tertiary/aromatic N) is 2. The van der Waals surface area contributed by atoms with Gasteiger partial charge in [0.05, 0.1) is 32.7 Å². The Labute approximate surface area is 141 Å². The standard InChI is InChI=1S/C12H19N3O10/c1-12(13-2-7(16)17,14(3-8(18)19)4-9(20)21)15(5-10(22)23)6-11(24)25/h13H,2-6H2,1H3,(H,16,17)(H,18,19)(H,20,21)(H,22,23)(H,24,25). The van der Waals surface area contributed by atoms with Crippen LogP contribution in [0.2, 0.25) is 0 Å². The fourth-order valence-corrected chi connectivity index (χ4v) is 2.05. The maximum Gasteiger partial charge on any atom is 0.317 e. The second-order valence-electron chi connectivity index (χ2n) is 5.06. The molecule has 0 bridgehead atoms. The summed E-state index contributed by atoms with van der Waals surface area (Å²) in [5.41, 5.74) is 0. The van der Waals surface area contributed by atoms with Gasteiger partial charge in [-0.25, -0.2) is 0 Å². The first-order valence-electron chi connectivity index (χ1n) is 6.72. The second-order valence-corrected chi connectivity index (χ2v) is 5.06. The highest BCUT2D eigenvalue weighted by Crippen LogP contribution is 2.18. The second kappa shape index (κ2) is 9.51. The van der Waals surface area contributed by atoms with Crippen molar-refractivity contribution in [1.29, 1.82) is 0 Å². The molecule has 0 fully saturated rings. The highest BCUT2D eigenvalue weighted by molar-refractivity contribution is 5.74. The highest BCUT2D eigenvalue weighted by atomic mass is 16.4. The summed E-state index contributed by atoms with van der Waals surface area (Å²) in [5, 5.41) is 46.9. The van der Waals surface area contributed by atoms with Crippen LogP contribution in [-0.4, -0.2) is 104 Å². The minimum atomic E-state index is -1.99. The third-order valence-corrected chi connectivity index (χ3v) is 3.11. The van der Waals surface area contributed by atoms with Gasteiger partial charge in [-0.3, -0.25) is 39.1 Å². The summed E-state index contributed by atoms with van der Waals surface area (Å²) in [5.74, 6) is -9.30. The van der Waals surface area contributed by atoms with Gasteiger partial charge in [-0.15, -0.1) is 0 Å². The van der Waals surface area contributed by atoms with E-state index in [1.165, 1.54) is 0 Å². The molecule has 0 aromatic rings. The molecule has 0 aromatic heterocycles. The largest absolute Gasteiger partial charge is 0.480 e. The Hall–Kier alpha value is -2.77. The molecule has 0 rings (SSSR count). The molecule has 0 saturated heterocycles. The van der Waals surface area contributed by atoms with Gasteiger partial charge in [-0.05, 0) is 6.92 Å². The van der Waals surface area contributed by atoms with E-state index in [9.17, 15) is 24.0 Å². The summed E-state index contributed by atoms with van der Waals surface area (Å²) < 4.78 is 0. The summed E-state index contributed by atoms with van der Waals surface area (Å²) in [4.78, 5) is 56.3. The number of carboxylic acids is 5. The quantitative estimate of drug-likeness (QED) is 0.184. The fraction of sp³-hybridized carbons (Fsp3) is 0.583. The molecule has 0 spiro atoms. The molecule has 13 heteroatoms. The van der Waals surface area contributed by atoms with Gasteiger partial charge >= 0.3 is 29.8 Å². The van der Waals surface area contributed by atoms with Crippen LogP contribution in [0, 0.1) is 0 Å². The average Bonchev–Trinajstić information content (AvgIpc) is 2.41. The summed E-state index contributed by atoms with van der Waals surface area (Å²) in [6.07, 6.45) is 0. The van der Waals surface area contributed by atoms with E-state index in [-0.39, 0.29) is 0 Å². The van der Waals surface area contributed by atoms with Crippen LogP contribution in [0.3, 0.4) is 0 Å². The summed E-state index contributed by atoms with van der Waals surface area (Å²) in [6, 6.07) is 0. The number of carbonyl (C=O) groups is 5. The van der Waals surface area contributed by atoms with Gasteiger partial charge < -0.3 is 25.5 Å². The summed E-state index contributed by atoms with van der Waals surface area (Å²) in [7, 11) is 0. The Morgan fingerprint density at radius 1 is 0.680 bits per heavy atom. The minimum absolute atomic E-state index is 0.715. The summed E-state index contributed by atoms with van der Waals surface area (Å²) in [6.45, 7) is -3.34. The highest BCUT2D eigenvalue weighted by Gasteiger charge is 2.41. The number of nitrogens with one attached hydrogen (secondary N) is 1. The van der Waals surface area contributed by atoms with Crippen molar-refractivity contribution in [2.45, 2.75) is 12.7 Å². The van der Waals surface area contributed by atoms with Gasteiger partial charge in [0.15, 0.2) is 0 Å². The molecule has 0 saturated carbocycles. The Bertz CT molecular complexity index is 481. The fourth-order valence-electron chi connectivity index (χ4n) is 2.05. The van der Waals surface area contributed by atoms with Crippen LogP contribution in [0.5, 0.6) is 0 Å². The van der Waals surface area contributed by atoms with Gasteiger partial charge in [0.1, 0.15) is 5.79 Å². The van der Waals surface area contributed by atoms with Gasteiger partial charge in [-0.2, -0.15) is 0 Å². The Kier molecular flexibility index (Phi) is 8.45. The van der Waals surface area contributed by atoms with Crippen molar-refractivity contribution in [1.82, 2.24) is 15.1 Å². The molecule has 25 heavy (non-hydrogen) atoms. The molecule has 0 aliphatic carbocycles. The maximum absolute atomic E-state index is 11.0. The predicted molar refractivity (Wildman–Crippen MR) is 77.7 cm³/mol. The number of carboxylic acid groups (broad SMARTS) is 5. The zero-order valence-electron chi connectivity index (χ0n) is 13.2. The molecular weight excluding hydrogens is 346 g/mol. The van der Waals surface area contributed by atoms with Crippen molar-refractivity contribution in [3.05, 3.63) is 0 Å². The van der Waals surface area contributed by atoms with Gasteiger partial charge in [0, 0.05) is 0 Å². The van der Waals surface area contributed by atoms with E-state index in [0.717, 1.165) is 6.92 Å². The molecule has 13 nitrogen and oxygen atoms in total. The van der Waals surface area contributed by atoms with Gasteiger partial charge in [0.2, 0.25) is 0 Å². The first-order valence-corrected chi connectivity index (χ1v) is 6.72. The Morgan fingerprint density at radius 3 is 1.16 bits per heavy atom. The summed E-state index contributed by atoms with van der Waals surface area (Å²) >= 11 is 0. The van der Waals surface area contributed by atoms with Crippen LogP contribution in [0.25, 0.3) is 0 Å². The molecule has 142 valence electrons. The lowest BCUT2D eigenvalue weighted by Gasteiger charge is -2.46. The topological polar surface area (TPSA) is 205 Å². The van der Waals surface area contributed by atoms with Crippen molar-refractivity contribution >= 4 is 29.8 Å². The van der Waals surface area contributed by atoms with E-state index in [1.54, 1.807) is 0 Å². The smallest absolute Gasteiger partial charge is 0.317 e. The zero-order valence-corrected chi connectivity index (χ0v) is 13.2. The van der Waals surface area contributed by atoms with Crippen molar-refractivity contribution in [2.24, 2.45) is 0 Å². The number of hydrogen-bond donors (Lipinski definition) is 6. The van der Waals surface area contributed by atoms with Crippen LogP contribution in [0.4, 0.5) is 0 Å². The number of hydrogen-bond acceptors (Lipinski definition) is 8. The molecule has 0 radical (unpaired) electrons. The third-order valence-electron chi connectivity index (χ3n) is 3.11. The molecule has 0 amide bonds. The minimum Gasteiger partial charge on any atom is -0.480 e. The van der Waals surface area contributed by atoms with E-state index in [2.05, 4.69) is 5.32 Å². The number of aliphatic carboxylic acids is 5. The van der Waals surface area contributed by atoms with Crippen molar-refractivity contribution in [2.75, 3.05) is 32.7 Å². The Balaban J connectivity index is 5.97. The van der Waals surface area contributed by atoms with Crippen LogP contribution in [-0.2, 0) is 24.0 Å². The first-order chi connectivity index (χ1) is 11.4. The third kappa shape index (κ3) is 8.05. The van der Waals surface area contributed by atoms with Crippen LogP contribution < -0.4 is 5.32 Å². The molecule has 0 aliphatic heterocycles. The Morgan fingerprint density at radius 2 is 0.960 bits per heavy atom. The zero-order chi connectivity index (χ0) is 19.8. The molecule has 0 aliphatic rings. The van der Waals surface area contributed by atoms with E-state index >= 15 is 0 Å². The monoisotopic (exact) mass is 365 g/mol. The lowest BCUT2D eigenvalue weighted by Crippen LogP contribution is -2.70. The molecule has 0 aromatic carbocycles. The molecule has 0 unspecified atom stereocenters. The molecule has 6 N–H and O–H groups in total. The first kappa shape index (κ1) is 22.2. The SMILES string of the molecule is CC(NCC(=O)O)(N(CC(=O)O)CC(=O)O)N(CC(=O)O)CC(=O)O. The molecular formula is C12H19N3O10. The molecule has 0 atom stereocenters. The predicted octanol–water partition coefficient (Wildman–Crippen LogP) is -2.72. The number of rotatable bonds is 13. The molecule has 0 heterocycles. The van der Waals surface area contributed by atoms with Gasteiger partial charge in [0.25, 0.3) is 0 Å². The van der Waals surface area contributed by atoms with Crippen LogP contribution >= 0.6 is 0 Å². The normalized spacial score (nSPS) is 11.5. The lowest BCUT2D eigenvalue weighted by molar-refractivity contribution is -0.160.